The minimum Gasteiger partial charge on any atom is -0.362 e. The lowest BCUT2D eigenvalue weighted by Gasteiger charge is -2.33. The molecule has 0 saturated carbocycles. The predicted octanol–water partition coefficient (Wildman–Crippen LogP) is 13.2. The fourth-order valence-electron chi connectivity index (χ4n) is 3.99. The van der Waals surface area contributed by atoms with E-state index in [4.69, 9.17) is 0 Å². The van der Waals surface area contributed by atoms with Gasteiger partial charge in [0.1, 0.15) is 5.82 Å². The Morgan fingerprint density at radius 1 is 0.619 bits per heavy atom. The van der Waals surface area contributed by atoms with Crippen molar-refractivity contribution >= 4 is 36.2 Å². The van der Waals surface area contributed by atoms with Gasteiger partial charge in [-0.3, -0.25) is 0 Å². The number of rotatable bonds is 27. The van der Waals surface area contributed by atoms with Crippen LogP contribution in [0.5, 0.6) is 0 Å². The summed E-state index contributed by atoms with van der Waals surface area (Å²) in [6, 6.07) is 0. The van der Waals surface area contributed by atoms with Crippen LogP contribution in [-0.4, -0.2) is 58.7 Å². The van der Waals surface area contributed by atoms with Crippen LogP contribution in [0.1, 0.15) is 159 Å². The van der Waals surface area contributed by atoms with Crippen molar-refractivity contribution in [2.45, 2.75) is 159 Å². The van der Waals surface area contributed by atoms with Gasteiger partial charge in [-0.05, 0) is 73.7 Å². The Bertz CT molecular complexity index is 508. The lowest BCUT2D eigenvalue weighted by Crippen LogP contribution is -2.33. The van der Waals surface area contributed by atoms with Gasteiger partial charge in [-0.2, -0.15) is 36.2 Å². The topological polar surface area (TPSA) is 6.48 Å². The third-order valence-corrected chi connectivity index (χ3v) is 8.88. The SMILES string of the molecule is C=C(C)N(CCCSCCCCCCCCC)C(=C)N(C)CCCSCCCCCCCCS.CC.CC.CC(C)C. The van der Waals surface area contributed by atoms with E-state index in [0.29, 0.717) is 0 Å². The molecule has 0 aromatic heterocycles. The first-order valence-electron chi connectivity index (χ1n) is 17.9. The Morgan fingerprint density at radius 3 is 1.38 bits per heavy atom. The molecule has 2 nitrogen and oxygen atoms in total. The van der Waals surface area contributed by atoms with Crippen LogP contribution in [0.4, 0.5) is 0 Å². The molecule has 0 aliphatic rings. The Balaban J connectivity index is -0.000000808. The van der Waals surface area contributed by atoms with Crippen molar-refractivity contribution in [3.05, 3.63) is 24.7 Å². The molecule has 0 spiro atoms. The van der Waals surface area contributed by atoms with Gasteiger partial charge in [0.2, 0.25) is 0 Å². The highest BCUT2D eigenvalue weighted by Gasteiger charge is 2.12. The van der Waals surface area contributed by atoms with Gasteiger partial charge in [0.15, 0.2) is 0 Å². The Hall–Kier alpha value is 0.130. The maximum atomic E-state index is 4.39. The lowest BCUT2D eigenvalue weighted by atomic mass is 10.1. The monoisotopic (exact) mass is 649 g/mol. The zero-order valence-electron chi connectivity index (χ0n) is 30.7. The van der Waals surface area contributed by atoms with E-state index in [1.54, 1.807) is 0 Å². The summed E-state index contributed by atoms with van der Waals surface area (Å²) in [7, 11) is 2.18. The van der Waals surface area contributed by atoms with Gasteiger partial charge < -0.3 is 9.80 Å². The molecule has 5 heteroatoms. The Labute approximate surface area is 282 Å². The molecule has 42 heavy (non-hydrogen) atoms. The Kier molecular flexibility index (Phi) is 50.5. The smallest absolute Gasteiger partial charge is 0.100 e. The van der Waals surface area contributed by atoms with E-state index in [0.717, 1.165) is 36.3 Å². The summed E-state index contributed by atoms with van der Waals surface area (Å²) in [5, 5.41) is 0. The fraction of sp³-hybridized carbons (Fsp3) is 0.892. The number of allylic oxidation sites excluding steroid dienone is 1. The quantitative estimate of drug-likeness (QED) is 0.0699. The van der Waals surface area contributed by atoms with Gasteiger partial charge in [-0.1, -0.05) is 133 Å². The summed E-state index contributed by atoms with van der Waals surface area (Å²) in [5.41, 5.74) is 1.11. The molecule has 0 aliphatic heterocycles. The van der Waals surface area contributed by atoms with Crippen molar-refractivity contribution in [2.75, 3.05) is 48.9 Å². The van der Waals surface area contributed by atoms with Gasteiger partial charge >= 0.3 is 0 Å². The lowest BCUT2D eigenvalue weighted by molar-refractivity contribution is 0.278. The average molecular weight is 649 g/mol. The highest BCUT2D eigenvalue weighted by molar-refractivity contribution is 7.99. The van der Waals surface area contributed by atoms with Crippen LogP contribution < -0.4 is 0 Å². The number of unbranched alkanes of at least 4 members (excludes halogenated alkanes) is 11. The second-order valence-corrected chi connectivity index (χ2v) is 14.3. The fourth-order valence-corrected chi connectivity index (χ4v) is 6.11. The second kappa shape index (κ2) is 43.3. The van der Waals surface area contributed by atoms with Crippen LogP contribution >= 0.6 is 36.2 Å². The first-order chi connectivity index (χ1) is 20.3. The largest absolute Gasteiger partial charge is 0.362 e. The van der Waals surface area contributed by atoms with Gasteiger partial charge in [-0.15, -0.1) is 0 Å². The van der Waals surface area contributed by atoms with E-state index in [9.17, 15) is 0 Å². The number of hydrogen-bond donors (Lipinski definition) is 1. The number of hydrogen-bond acceptors (Lipinski definition) is 5. The van der Waals surface area contributed by atoms with Crippen LogP contribution in [-0.2, 0) is 0 Å². The molecule has 0 radical (unpaired) electrons. The molecule has 0 aliphatic carbocycles. The van der Waals surface area contributed by atoms with Crippen LogP contribution in [0.2, 0.25) is 0 Å². The normalized spacial score (nSPS) is 10.1. The van der Waals surface area contributed by atoms with Crippen molar-refractivity contribution in [3.8, 4) is 0 Å². The zero-order valence-corrected chi connectivity index (χ0v) is 33.2. The molecule has 0 heterocycles. The van der Waals surface area contributed by atoms with Crippen LogP contribution in [0.15, 0.2) is 24.7 Å². The van der Waals surface area contributed by atoms with Crippen LogP contribution in [0.25, 0.3) is 0 Å². The summed E-state index contributed by atoms with van der Waals surface area (Å²) in [5.74, 6) is 8.10. The van der Waals surface area contributed by atoms with E-state index >= 15 is 0 Å². The number of thiol groups is 1. The van der Waals surface area contributed by atoms with Crippen LogP contribution in [0, 0.1) is 5.92 Å². The molecule has 0 amide bonds. The molecule has 0 aromatic rings. The van der Waals surface area contributed by atoms with Crippen molar-refractivity contribution < 1.29 is 0 Å². The standard InChI is InChI=1S/C29H58N2S3.C4H10.2C2H6/c1-6-7-8-9-11-14-17-25-34-27-20-22-31(28(2)3)29(4)30(5)21-19-26-33-24-18-15-12-10-13-16-23-32;1-4(2)3;2*1-2/h32H,2,4,6-27H2,1,3,5H3;4H,1-3H3;2*1-2H3. The predicted molar refractivity (Wildman–Crippen MR) is 210 cm³/mol. The van der Waals surface area contributed by atoms with Crippen molar-refractivity contribution in [1.82, 2.24) is 9.80 Å². The molecule has 0 rings (SSSR count). The van der Waals surface area contributed by atoms with Gasteiger partial charge in [0.05, 0.1) is 0 Å². The number of thioether (sulfide) groups is 2. The molecule has 0 aromatic carbocycles. The third kappa shape index (κ3) is 42.3. The Morgan fingerprint density at radius 2 is 0.976 bits per heavy atom. The minimum absolute atomic E-state index is 0.833. The first-order valence-corrected chi connectivity index (χ1v) is 20.8. The van der Waals surface area contributed by atoms with Crippen molar-refractivity contribution in [3.63, 3.8) is 0 Å². The second-order valence-electron chi connectivity index (χ2n) is 11.4. The minimum atomic E-state index is 0.833. The molecule has 0 unspecified atom stereocenters. The van der Waals surface area contributed by atoms with E-state index in [2.05, 4.69) is 101 Å². The molecule has 0 fully saturated rings. The maximum absolute atomic E-state index is 4.39. The first kappa shape index (κ1) is 49.0. The molecule has 0 atom stereocenters. The number of nitrogens with zero attached hydrogens (tertiary/aromatic N) is 2. The molecule has 256 valence electrons. The third-order valence-electron chi connectivity index (χ3n) is 6.25. The molecular formula is C37H80N2S3. The summed E-state index contributed by atoms with van der Waals surface area (Å²) in [6.07, 6.45) is 20.4. The highest BCUT2D eigenvalue weighted by Crippen LogP contribution is 2.17. The van der Waals surface area contributed by atoms with Crippen LogP contribution in [0.3, 0.4) is 0 Å². The summed E-state index contributed by atoms with van der Waals surface area (Å²) < 4.78 is 0. The molecule has 0 bridgehead atoms. The van der Waals surface area contributed by atoms with E-state index in [1.807, 2.05) is 27.7 Å². The van der Waals surface area contributed by atoms with E-state index < -0.39 is 0 Å². The maximum Gasteiger partial charge on any atom is 0.100 e. The van der Waals surface area contributed by atoms with Gasteiger partial charge in [0, 0.05) is 25.8 Å². The van der Waals surface area contributed by atoms with Crippen molar-refractivity contribution in [2.24, 2.45) is 5.92 Å². The highest BCUT2D eigenvalue weighted by atomic mass is 32.2. The molecule has 0 saturated heterocycles. The summed E-state index contributed by atoms with van der Waals surface area (Å²) in [4.78, 5) is 4.64. The van der Waals surface area contributed by atoms with E-state index in [1.165, 1.54) is 119 Å². The van der Waals surface area contributed by atoms with E-state index in [-0.39, 0.29) is 0 Å². The average Bonchev–Trinajstić information content (AvgIpc) is 2.97. The van der Waals surface area contributed by atoms with Crippen molar-refractivity contribution in [1.29, 1.82) is 0 Å². The summed E-state index contributed by atoms with van der Waals surface area (Å²) >= 11 is 8.52. The van der Waals surface area contributed by atoms with Gasteiger partial charge in [-0.25, -0.2) is 0 Å². The van der Waals surface area contributed by atoms with Gasteiger partial charge in [0.25, 0.3) is 0 Å². The zero-order chi connectivity index (χ0) is 32.9. The molecular weight excluding hydrogens is 569 g/mol. The molecule has 0 N–H and O–H groups in total. The summed E-state index contributed by atoms with van der Waals surface area (Å²) in [6.45, 7) is 29.6.